The lowest BCUT2D eigenvalue weighted by Gasteiger charge is -2.21. The zero-order valence-electron chi connectivity index (χ0n) is 9.05. The van der Waals surface area contributed by atoms with Gasteiger partial charge in [0.1, 0.15) is 0 Å². The number of para-hydroxylation sites is 1. The van der Waals surface area contributed by atoms with Gasteiger partial charge in [0.25, 0.3) is 0 Å². The summed E-state index contributed by atoms with van der Waals surface area (Å²) in [6.45, 7) is 3.14. The lowest BCUT2D eigenvalue weighted by Crippen LogP contribution is -2.29. The van der Waals surface area contributed by atoms with Crippen LogP contribution in [0.4, 0.5) is 18.9 Å². The van der Waals surface area contributed by atoms with E-state index in [9.17, 15) is 18.3 Å². The van der Waals surface area contributed by atoms with Crippen molar-refractivity contribution >= 4 is 5.69 Å². The normalized spacial score (nSPS) is 15.6. The van der Waals surface area contributed by atoms with E-state index in [0.717, 1.165) is 6.07 Å². The Morgan fingerprint density at radius 2 is 1.75 bits per heavy atom. The third-order valence-electron chi connectivity index (χ3n) is 2.34. The molecule has 1 aromatic carbocycles. The Morgan fingerprint density at radius 1 is 1.19 bits per heavy atom. The van der Waals surface area contributed by atoms with Gasteiger partial charge in [-0.25, -0.2) is 0 Å². The highest BCUT2D eigenvalue weighted by molar-refractivity contribution is 5.53. The monoisotopic (exact) mass is 233 g/mol. The fourth-order valence-corrected chi connectivity index (χ4v) is 1.22. The maximum absolute atomic E-state index is 12.6. The summed E-state index contributed by atoms with van der Waals surface area (Å²) in [5.74, 6) is 0. The van der Waals surface area contributed by atoms with Crippen LogP contribution in [0, 0.1) is 0 Å². The molecule has 2 unspecified atom stereocenters. The minimum absolute atomic E-state index is 0.0107. The van der Waals surface area contributed by atoms with E-state index in [0.29, 0.717) is 0 Å². The van der Waals surface area contributed by atoms with Gasteiger partial charge in [0.05, 0.1) is 11.7 Å². The first-order chi connectivity index (χ1) is 7.32. The van der Waals surface area contributed by atoms with Crippen LogP contribution in [0.15, 0.2) is 24.3 Å². The van der Waals surface area contributed by atoms with Crippen LogP contribution in [0.5, 0.6) is 0 Å². The van der Waals surface area contributed by atoms with Crippen LogP contribution in [-0.4, -0.2) is 17.3 Å². The number of aliphatic hydroxyl groups excluding tert-OH is 1. The van der Waals surface area contributed by atoms with Crippen LogP contribution in [0.1, 0.15) is 19.4 Å². The average Bonchev–Trinajstić information content (AvgIpc) is 2.16. The maximum atomic E-state index is 12.6. The molecule has 0 radical (unpaired) electrons. The van der Waals surface area contributed by atoms with E-state index < -0.39 is 23.9 Å². The summed E-state index contributed by atoms with van der Waals surface area (Å²) in [6.07, 6.45) is -5.11. The molecule has 0 aromatic heterocycles. The molecular formula is C11H14F3NO. The van der Waals surface area contributed by atoms with Crippen molar-refractivity contribution in [2.24, 2.45) is 0 Å². The van der Waals surface area contributed by atoms with E-state index >= 15 is 0 Å². The van der Waals surface area contributed by atoms with Crippen LogP contribution in [-0.2, 0) is 6.18 Å². The molecule has 0 heterocycles. The van der Waals surface area contributed by atoms with Crippen molar-refractivity contribution in [3.05, 3.63) is 29.8 Å². The van der Waals surface area contributed by atoms with Gasteiger partial charge in [0, 0.05) is 11.7 Å². The summed E-state index contributed by atoms with van der Waals surface area (Å²) in [5.41, 5.74) is -0.731. The van der Waals surface area contributed by atoms with E-state index in [-0.39, 0.29) is 5.69 Å². The number of alkyl halides is 3. The Bertz CT molecular complexity index is 349. The summed E-state index contributed by atoms with van der Waals surface area (Å²) in [7, 11) is 0. The molecule has 0 fully saturated rings. The molecule has 16 heavy (non-hydrogen) atoms. The fourth-order valence-electron chi connectivity index (χ4n) is 1.22. The number of halogens is 3. The molecule has 2 nitrogen and oxygen atoms in total. The van der Waals surface area contributed by atoms with Crippen LogP contribution >= 0.6 is 0 Å². The standard InChI is InChI=1S/C11H14F3NO/c1-7(8(2)16)15-10-6-4-3-5-9(10)11(12,13)14/h3-8,15-16H,1-2H3. The summed E-state index contributed by atoms with van der Waals surface area (Å²) in [4.78, 5) is 0. The van der Waals surface area contributed by atoms with E-state index in [1.54, 1.807) is 6.92 Å². The summed E-state index contributed by atoms with van der Waals surface area (Å²) < 4.78 is 37.8. The van der Waals surface area contributed by atoms with Gasteiger partial charge >= 0.3 is 6.18 Å². The van der Waals surface area contributed by atoms with Crippen molar-refractivity contribution < 1.29 is 18.3 Å². The zero-order valence-corrected chi connectivity index (χ0v) is 9.05. The molecular weight excluding hydrogens is 219 g/mol. The third-order valence-corrected chi connectivity index (χ3v) is 2.34. The second kappa shape index (κ2) is 4.74. The Labute approximate surface area is 92.1 Å². The first kappa shape index (κ1) is 12.8. The molecule has 0 aliphatic rings. The molecule has 0 saturated carbocycles. The number of benzene rings is 1. The lowest BCUT2D eigenvalue weighted by molar-refractivity contribution is -0.137. The van der Waals surface area contributed by atoms with Gasteiger partial charge in [-0.15, -0.1) is 0 Å². The van der Waals surface area contributed by atoms with E-state index in [4.69, 9.17) is 0 Å². The number of hydrogen-bond donors (Lipinski definition) is 2. The molecule has 0 amide bonds. The van der Waals surface area contributed by atoms with Crippen molar-refractivity contribution in [3.8, 4) is 0 Å². The molecule has 2 atom stereocenters. The smallest absolute Gasteiger partial charge is 0.391 e. The highest BCUT2D eigenvalue weighted by Gasteiger charge is 2.33. The lowest BCUT2D eigenvalue weighted by atomic mass is 10.1. The molecule has 0 aliphatic carbocycles. The van der Waals surface area contributed by atoms with E-state index in [1.165, 1.54) is 25.1 Å². The summed E-state index contributed by atoms with van der Waals surface area (Å²) in [6, 6.07) is 4.77. The largest absolute Gasteiger partial charge is 0.418 e. The van der Waals surface area contributed by atoms with Crippen molar-refractivity contribution in [1.82, 2.24) is 0 Å². The SMILES string of the molecule is CC(O)C(C)Nc1ccccc1C(F)(F)F. The Balaban J connectivity index is 2.96. The van der Waals surface area contributed by atoms with Gasteiger partial charge in [-0.2, -0.15) is 13.2 Å². The van der Waals surface area contributed by atoms with Crippen LogP contribution in [0.3, 0.4) is 0 Å². The first-order valence-corrected chi connectivity index (χ1v) is 4.93. The van der Waals surface area contributed by atoms with Crippen molar-refractivity contribution in [3.63, 3.8) is 0 Å². The highest BCUT2D eigenvalue weighted by atomic mass is 19.4. The average molecular weight is 233 g/mol. The van der Waals surface area contributed by atoms with Gasteiger partial charge in [-0.05, 0) is 26.0 Å². The predicted molar refractivity (Wildman–Crippen MR) is 56.2 cm³/mol. The maximum Gasteiger partial charge on any atom is 0.418 e. The number of anilines is 1. The van der Waals surface area contributed by atoms with Gasteiger partial charge in [0.15, 0.2) is 0 Å². The number of aliphatic hydroxyl groups is 1. The van der Waals surface area contributed by atoms with E-state index in [1.807, 2.05) is 0 Å². The molecule has 1 aromatic rings. The van der Waals surface area contributed by atoms with Crippen molar-refractivity contribution in [1.29, 1.82) is 0 Å². The van der Waals surface area contributed by atoms with Crippen molar-refractivity contribution in [2.75, 3.05) is 5.32 Å². The Hall–Kier alpha value is -1.23. The molecule has 0 spiro atoms. The quantitative estimate of drug-likeness (QED) is 0.841. The highest BCUT2D eigenvalue weighted by Crippen LogP contribution is 2.34. The second-order valence-corrected chi connectivity index (χ2v) is 3.72. The van der Waals surface area contributed by atoms with Crippen molar-refractivity contribution in [2.45, 2.75) is 32.2 Å². The Kier molecular flexibility index (Phi) is 3.80. The molecule has 90 valence electrons. The molecule has 0 aliphatic heterocycles. The predicted octanol–water partition coefficient (Wildman–Crippen LogP) is 2.89. The number of nitrogens with one attached hydrogen (secondary N) is 1. The van der Waals surface area contributed by atoms with E-state index in [2.05, 4.69) is 5.32 Å². The van der Waals surface area contributed by atoms with Crippen LogP contribution in [0.25, 0.3) is 0 Å². The van der Waals surface area contributed by atoms with Gasteiger partial charge in [0.2, 0.25) is 0 Å². The molecule has 2 N–H and O–H groups in total. The molecule has 0 bridgehead atoms. The first-order valence-electron chi connectivity index (χ1n) is 4.93. The number of hydrogen-bond acceptors (Lipinski definition) is 2. The minimum atomic E-state index is -4.39. The zero-order chi connectivity index (χ0) is 12.3. The molecule has 1 rings (SSSR count). The summed E-state index contributed by atoms with van der Waals surface area (Å²) in [5, 5.41) is 11.9. The summed E-state index contributed by atoms with van der Waals surface area (Å²) >= 11 is 0. The topological polar surface area (TPSA) is 32.3 Å². The molecule has 0 saturated heterocycles. The van der Waals surface area contributed by atoms with Gasteiger partial charge < -0.3 is 10.4 Å². The van der Waals surface area contributed by atoms with Crippen LogP contribution in [0.2, 0.25) is 0 Å². The fraction of sp³-hybridized carbons (Fsp3) is 0.455. The second-order valence-electron chi connectivity index (χ2n) is 3.72. The van der Waals surface area contributed by atoms with Gasteiger partial charge in [-0.1, -0.05) is 12.1 Å². The third kappa shape index (κ3) is 3.13. The minimum Gasteiger partial charge on any atom is -0.391 e. The van der Waals surface area contributed by atoms with Gasteiger partial charge in [-0.3, -0.25) is 0 Å². The van der Waals surface area contributed by atoms with Crippen LogP contribution < -0.4 is 5.32 Å². The Morgan fingerprint density at radius 3 is 2.25 bits per heavy atom. The number of rotatable bonds is 3. The molecule has 5 heteroatoms.